The molecule has 0 saturated carbocycles. The van der Waals surface area contributed by atoms with E-state index in [1.165, 1.54) is 0 Å². The van der Waals surface area contributed by atoms with E-state index >= 15 is 0 Å². The van der Waals surface area contributed by atoms with Gasteiger partial charge in [0.2, 0.25) is 0 Å². The van der Waals surface area contributed by atoms with Crippen molar-refractivity contribution in [3.8, 4) is 5.75 Å². The maximum absolute atomic E-state index is 11.5. The van der Waals surface area contributed by atoms with Gasteiger partial charge in [0.25, 0.3) is 11.1 Å². The summed E-state index contributed by atoms with van der Waals surface area (Å²) in [6.45, 7) is 1.15. The van der Waals surface area contributed by atoms with Crippen molar-refractivity contribution >= 4 is 55.7 Å². The van der Waals surface area contributed by atoms with Crippen LogP contribution in [0.5, 0.6) is 5.75 Å². The summed E-state index contributed by atoms with van der Waals surface area (Å²) in [5, 5.41) is 6.04. The standard InChI is InChI=1S/C19H15N3O3S2/c23-17-16(27-19(24)22-17)11-12-5-7-13(8-6-12)25-10-9-20-18-21-14-3-1-2-4-15(14)26-18/h1-8,11H,9-10H2,(H,20,21)(H,22,23,24)/b16-11-. The van der Waals surface area contributed by atoms with E-state index in [2.05, 4.69) is 21.7 Å². The van der Waals surface area contributed by atoms with Gasteiger partial charge < -0.3 is 10.1 Å². The van der Waals surface area contributed by atoms with Crippen LogP contribution in [0.1, 0.15) is 5.56 Å². The minimum absolute atomic E-state index is 0.341. The Hall–Kier alpha value is -2.84. The lowest BCUT2D eigenvalue weighted by Crippen LogP contribution is -2.17. The Bertz CT molecular complexity index is 995. The molecule has 136 valence electrons. The van der Waals surface area contributed by atoms with Crippen molar-refractivity contribution in [2.45, 2.75) is 0 Å². The second-order valence-electron chi connectivity index (χ2n) is 5.68. The molecular weight excluding hydrogens is 382 g/mol. The Morgan fingerprint density at radius 3 is 2.67 bits per heavy atom. The Balaban J connectivity index is 1.28. The number of amides is 2. The van der Waals surface area contributed by atoms with E-state index in [4.69, 9.17) is 4.74 Å². The molecule has 0 unspecified atom stereocenters. The smallest absolute Gasteiger partial charge is 0.290 e. The second-order valence-corrected chi connectivity index (χ2v) is 7.73. The third kappa shape index (κ3) is 4.29. The zero-order valence-electron chi connectivity index (χ0n) is 14.1. The van der Waals surface area contributed by atoms with E-state index < -0.39 is 0 Å². The first kappa shape index (κ1) is 17.6. The Morgan fingerprint density at radius 2 is 1.93 bits per heavy atom. The Morgan fingerprint density at radius 1 is 1.11 bits per heavy atom. The quantitative estimate of drug-likeness (QED) is 0.481. The van der Waals surface area contributed by atoms with E-state index in [-0.39, 0.29) is 11.1 Å². The predicted molar refractivity (Wildman–Crippen MR) is 109 cm³/mol. The number of ether oxygens (including phenoxy) is 1. The van der Waals surface area contributed by atoms with Crippen LogP contribution in [0.2, 0.25) is 0 Å². The number of carbonyl (C=O) groups is 2. The molecule has 1 aliphatic heterocycles. The molecule has 2 aromatic carbocycles. The van der Waals surface area contributed by atoms with E-state index in [9.17, 15) is 9.59 Å². The number of thiazole rings is 1. The molecule has 0 spiro atoms. The molecule has 2 heterocycles. The molecule has 0 radical (unpaired) electrons. The first-order valence-corrected chi connectivity index (χ1v) is 9.88. The van der Waals surface area contributed by atoms with E-state index in [1.807, 2.05) is 42.5 Å². The van der Waals surface area contributed by atoms with Crippen LogP contribution in [0.3, 0.4) is 0 Å². The van der Waals surface area contributed by atoms with Gasteiger partial charge in [-0.15, -0.1) is 0 Å². The molecule has 3 aromatic rings. The minimum atomic E-state index is -0.355. The van der Waals surface area contributed by atoms with Crippen LogP contribution in [0.4, 0.5) is 9.93 Å². The summed E-state index contributed by atoms with van der Waals surface area (Å²) in [6.07, 6.45) is 1.68. The summed E-state index contributed by atoms with van der Waals surface area (Å²) < 4.78 is 6.87. The fraction of sp³-hybridized carbons (Fsp3) is 0.105. The van der Waals surface area contributed by atoms with Crippen LogP contribution in [0, 0.1) is 0 Å². The number of anilines is 1. The highest BCUT2D eigenvalue weighted by atomic mass is 32.2. The number of thioether (sulfide) groups is 1. The molecule has 0 atom stereocenters. The summed E-state index contributed by atoms with van der Waals surface area (Å²) in [5.74, 6) is 0.383. The van der Waals surface area contributed by atoms with Crippen molar-refractivity contribution < 1.29 is 14.3 Å². The van der Waals surface area contributed by atoms with Crippen molar-refractivity contribution in [3.63, 3.8) is 0 Å². The molecule has 2 N–H and O–H groups in total. The Labute approximate surface area is 163 Å². The molecule has 8 heteroatoms. The van der Waals surface area contributed by atoms with Crippen LogP contribution in [-0.2, 0) is 4.79 Å². The van der Waals surface area contributed by atoms with Gasteiger partial charge in [0.15, 0.2) is 5.13 Å². The topological polar surface area (TPSA) is 80.3 Å². The number of imide groups is 1. The number of aromatic nitrogens is 1. The van der Waals surface area contributed by atoms with Gasteiger partial charge in [-0.25, -0.2) is 4.98 Å². The number of hydrogen-bond donors (Lipinski definition) is 2. The van der Waals surface area contributed by atoms with Crippen molar-refractivity contribution in [3.05, 3.63) is 59.0 Å². The summed E-state index contributed by atoms with van der Waals surface area (Å²) in [7, 11) is 0. The van der Waals surface area contributed by atoms with E-state index in [0.29, 0.717) is 18.1 Å². The minimum Gasteiger partial charge on any atom is -0.492 e. The van der Waals surface area contributed by atoms with Gasteiger partial charge in [-0.3, -0.25) is 14.9 Å². The zero-order chi connectivity index (χ0) is 18.6. The molecule has 27 heavy (non-hydrogen) atoms. The average Bonchev–Trinajstić information content (AvgIpc) is 3.22. The van der Waals surface area contributed by atoms with Crippen molar-refractivity contribution in [1.82, 2.24) is 10.3 Å². The highest BCUT2D eigenvalue weighted by molar-refractivity contribution is 8.18. The maximum atomic E-state index is 11.5. The largest absolute Gasteiger partial charge is 0.492 e. The second kappa shape index (κ2) is 7.81. The molecule has 1 saturated heterocycles. The summed E-state index contributed by atoms with van der Waals surface area (Å²) in [4.78, 5) is 27.6. The van der Waals surface area contributed by atoms with Gasteiger partial charge in [0.05, 0.1) is 21.7 Å². The van der Waals surface area contributed by atoms with E-state index in [1.54, 1.807) is 17.4 Å². The lowest BCUT2D eigenvalue weighted by molar-refractivity contribution is -0.115. The number of rotatable bonds is 6. The maximum Gasteiger partial charge on any atom is 0.290 e. The molecule has 6 nitrogen and oxygen atoms in total. The van der Waals surface area contributed by atoms with Gasteiger partial charge in [0.1, 0.15) is 12.4 Å². The monoisotopic (exact) mass is 397 g/mol. The number of hydrogen-bond acceptors (Lipinski definition) is 7. The third-order valence-electron chi connectivity index (χ3n) is 3.76. The van der Waals surface area contributed by atoms with Gasteiger partial charge in [-0.1, -0.05) is 35.6 Å². The number of benzene rings is 2. The van der Waals surface area contributed by atoms with Crippen molar-refractivity contribution in [2.75, 3.05) is 18.5 Å². The van der Waals surface area contributed by atoms with Crippen LogP contribution >= 0.6 is 23.1 Å². The lowest BCUT2D eigenvalue weighted by Gasteiger charge is -2.07. The van der Waals surface area contributed by atoms with Crippen LogP contribution in [0.15, 0.2) is 53.4 Å². The molecule has 0 bridgehead atoms. The summed E-state index contributed by atoms with van der Waals surface area (Å²) in [6, 6.07) is 15.4. The number of carbonyl (C=O) groups excluding carboxylic acids is 2. The fourth-order valence-electron chi connectivity index (χ4n) is 2.51. The molecule has 4 rings (SSSR count). The lowest BCUT2D eigenvalue weighted by atomic mass is 10.2. The summed E-state index contributed by atoms with van der Waals surface area (Å²) >= 11 is 2.52. The van der Waals surface area contributed by atoms with Crippen molar-refractivity contribution in [2.24, 2.45) is 0 Å². The molecular formula is C19H15N3O3S2. The average molecular weight is 397 g/mol. The van der Waals surface area contributed by atoms with Gasteiger partial charge in [-0.2, -0.15) is 0 Å². The number of fused-ring (bicyclic) bond motifs is 1. The predicted octanol–water partition coefficient (Wildman–Crippen LogP) is 4.11. The molecule has 0 aliphatic carbocycles. The molecule has 1 aromatic heterocycles. The number of nitrogens with one attached hydrogen (secondary N) is 2. The van der Waals surface area contributed by atoms with Crippen LogP contribution in [0.25, 0.3) is 16.3 Å². The molecule has 1 aliphatic rings. The SMILES string of the molecule is O=C1NC(=O)/C(=C/c2ccc(OCCNc3nc4ccccc4s3)cc2)S1. The first-order valence-electron chi connectivity index (χ1n) is 8.24. The van der Waals surface area contributed by atoms with Gasteiger partial charge >= 0.3 is 0 Å². The zero-order valence-corrected chi connectivity index (χ0v) is 15.7. The first-order chi connectivity index (χ1) is 13.2. The van der Waals surface area contributed by atoms with Gasteiger partial charge in [-0.05, 0) is 47.7 Å². The number of para-hydroxylation sites is 1. The highest BCUT2D eigenvalue weighted by Crippen LogP contribution is 2.26. The molecule has 1 fully saturated rings. The van der Waals surface area contributed by atoms with Crippen molar-refractivity contribution in [1.29, 1.82) is 0 Å². The van der Waals surface area contributed by atoms with Crippen LogP contribution < -0.4 is 15.4 Å². The summed E-state index contributed by atoms with van der Waals surface area (Å²) in [5.41, 5.74) is 1.83. The Kier molecular flexibility index (Phi) is 5.08. The van der Waals surface area contributed by atoms with Crippen LogP contribution in [-0.4, -0.2) is 29.3 Å². The number of nitrogens with zero attached hydrogens (tertiary/aromatic N) is 1. The normalized spacial score (nSPS) is 15.3. The highest BCUT2D eigenvalue weighted by Gasteiger charge is 2.24. The third-order valence-corrected chi connectivity index (χ3v) is 5.57. The fourth-order valence-corrected chi connectivity index (χ4v) is 4.08. The molecule has 2 amide bonds. The van der Waals surface area contributed by atoms with E-state index in [0.717, 1.165) is 38.4 Å². The van der Waals surface area contributed by atoms with Gasteiger partial charge in [0, 0.05) is 0 Å².